The average Bonchev–Trinajstić information content (AvgIpc) is 3.31. The maximum Gasteiger partial charge on any atom is 0.335 e. The van der Waals surface area contributed by atoms with Crippen LogP contribution in [-0.4, -0.2) is 44.3 Å². The molecule has 0 saturated heterocycles. The van der Waals surface area contributed by atoms with Gasteiger partial charge in [0.15, 0.2) is 0 Å². The van der Waals surface area contributed by atoms with Crippen molar-refractivity contribution in [3.8, 4) is 44.5 Å². The van der Waals surface area contributed by atoms with Crippen LogP contribution in [0, 0.1) is 0 Å². The Hall–Kier alpha value is -8.36. The predicted octanol–water partition coefficient (Wildman–Crippen LogP) is 12.1. The van der Waals surface area contributed by atoms with E-state index in [1.807, 2.05) is 48.5 Å². The van der Waals surface area contributed by atoms with Gasteiger partial charge in [0.2, 0.25) is 0 Å². The minimum Gasteiger partial charge on any atom is -0.478 e. The quantitative estimate of drug-likeness (QED) is 0.0899. The largest absolute Gasteiger partial charge is 0.478 e. The summed E-state index contributed by atoms with van der Waals surface area (Å²) in [5.41, 5.74) is 12.2. The lowest BCUT2D eigenvalue weighted by molar-refractivity contribution is 0.0686. The minimum atomic E-state index is -0.989. The maximum atomic E-state index is 11.5. The molecule has 0 aliphatic carbocycles. The number of carbonyl (C=O) groups is 4. The summed E-state index contributed by atoms with van der Waals surface area (Å²) in [7, 11) is 0. The van der Waals surface area contributed by atoms with E-state index in [0.29, 0.717) is 0 Å². The van der Waals surface area contributed by atoms with Crippen LogP contribution < -0.4 is 0 Å². The summed E-state index contributed by atoms with van der Waals surface area (Å²) in [6.07, 6.45) is 0. The normalized spacial score (nSPS) is 11.1. The van der Waals surface area contributed by atoms with Crippen LogP contribution >= 0.6 is 0 Å². The van der Waals surface area contributed by atoms with Crippen molar-refractivity contribution in [2.24, 2.45) is 0 Å². The molecule has 0 aliphatic heterocycles. The van der Waals surface area contributed by atoms with Crippen LogP contribution in [0.4, 0.5) is 0 Å². The van der Waals surface area contributed by atoms with Crippen molar-refractivity contribution in [1.82, 2.24) is 0 Å². The zero-order valence-electron chi connectivity index (χ0n) is 33.1. The second-order valence-corrected chi connectivity index (χ2v) is 15.0. The van der Waals surface area contributed by atoms with Gasteiger partial charge in [-0.2, -0.15) is 0 Å². The van der Waals surface area contributed by atoms with E-state index in [4.69, 9.17) is 0 Å². The number of hydrogen-bond donors (Lipinski definition) is 4. The molecular formula is C54H38O8. The first-order valence-electron chi connectivity index (χ1n) is 19.8. The molecule has 302 valence electrons. The van der Waals surface area contributed by atoms with Gasteiger partial charge >= 0.3 is 23.9 Å². The Kier molecular flexibility index (Phi) is 11.4. The molecule has 8 aromatic carbocycles. The van der Waals surface area contributed by atoms with Gasteiger partial charge in [-0.15, -0.1) is 0 Å². The van der Waals surface area contributed by atoms with Crippen molar-refractivity contribution < 1.29 is 39.6 Å². The van der Waals surface area contributed by atoms with Gasteiger partial charge in [0, 0.05) is 11.8 Å². The molecule has 8 aromatic rings. The highest BCUT2D eigenvalue weighted by Crippen LogP contribution is 2.45. The summed E-state index contributed by atoms with van der Waals surface area (Å²) >= 11 is 0. The van der Waals surface area contributed by atoms with E-state index in [1.54, 1.807) is 97.1 Å². The molecule has 0 aliphatic rings. The third-order valence-electron chi connectivity index (χ3n) is 11.3. The Morgan fingerprint density at radius 3 is 0.484 bits per heavy atom. The molecule has 0 heterocycles. The molecule has 0 unspecified atom stereocenters. The maximum absolute atomic E-state index is 11.5. The SMILES string of the molecule is O=C(O)c1ccc(-c2ccc(C(c3ccc(-c4ccc(C(=O)O)cc4)cc3)C(c3ccc(-c4ccc(C(=O)O)cc4)cc3)c3ccc(-c4ccc(C(=O)O)cc4)cc3)cc2)cc1. The first-order chi connectivity index (χ1) is 30.0. The van der Waals surface area contributed by atoms with Gasteiger partial charge in [0.25, 0.3) is 0 Å². The highest BCUT2D eigenvalue weighted by molar-refractivity contribution is 5.90. The van der Waals surface area contributed by atoms with Crippen LogP contribution in [0.15, 0.2) is 194 Å². The van der Waals surface area contributed by atoms with Gasteiger partial charge in [0.05, 0.1) is 22.3 Å². The van der Waals surface area contributed by atoms with Crippen molar-refractivity contribution in [2.45, 2.75) is 11.8 Å². The standard InChI is InChI=1S/C54H38O8/c55-51(56)45-25-9-37(10-26-45)33-1-17-41(18-2-33)49(42-19-3-34(4-20-42)38-11-27-46(28-12-38)52(57)58)50(43-21-5-35(6-22-43)39-13-29-47(30-14-39)53(59)60)44-23-7-36(8-24-44)40-15-31-48(32-16-40)54(61)62/h1-32,49-50H,(H,55,56)(H,57,58)(H,59,60)(H,61,62). The van der Waals surface area contributed by atoms with Crippen LogP contribution in [0.1, 0.15) is 75.5 Å². The second kappa shape index (κ2) is 17.5. The van der Waals surface area contributed by atoms with Crippen LogP contribution in [0.5, 0.6) is 0 Å². The molecule has 0 bridgehead atoms. The Balaban J connectivity index is 1.24. The van der Waals surface area contributed by atoms with Crippen LogP contribution in [0.3, 0.4) is 0 Å². The fourth-order valence-electron chi connectivity index (χ4n) is 7.91. The molecule has 0 radical (unpaired) electrons. The van der Waals surface area contributed by atoms with Crippen molar-refractivity contribution in [2.75, 3.05) is 0 Å². The summed E-state index contributed by atoms with van der Waals surface area (Å²) in [6.45, 7) is 0. The molecule has 62 heavy (non-hydrogen) atoms. The van der Waals surface area contributed by atoms with E-state index >= 15 is 0 Å². The number of carboxylic acid groups (broad SMARTS) is 4. The number of rotatable bonds is 13. The summed E-state index contributed by atoms with van der Waals surface area (Å²) in [6, 6.07) is 60.3. The first-order valence-corrected chi connectivity index (χ1v) is 19.8. The molecule has 0 amide bonds. The Morgan fingerprint density at radius 1 is 0.226 bits per heavy atom. The van der Waals surface area contributed by atoms with Crippen molar-refractivity contribution in [3.05, 3.63) is 239 Å². The van der Waals surface area contributed by atoms with Gasteiger partial charge in [-0.3, -0.25) is 0 Å². The lowest BCUT2D eigenvalue weighted by atomic mass is 9.73. The smallest absolute Gasteiger partial charge is 0.335 e. The zero-order chi connectivity index (χ0) is 43.3. The zero-order valence-corrected chi connectivity index (χ0v) is 33.1. The summed E-state index contributed by atoms with van der Waals surface area (Å²) in [5.74, 6) is -4.42. The highest BCUT2D eigenvalue weighted by atomic mass is 16.4. The Bertz CT molecular complexity index is 2480. The second-order valence-electron chi connectivity index (χ2n) is 15.0. The van der Waals surface area contributed by atoms with Crippen molar-refractivity contribution in [3.63, 3.8) is 0 Å². The van der Waals surface area contributed by atoms with E-state index < -0.39 is 23.9 Å². The van der Waals surface area contributed by atoms with Crippen LogP contribution in [0.25, 0.3) is 44.5 Å². The molecular weight excluding hydrogens is 777 g/mol. The van der Waals surface area contributed by atoms with Crippen LogP contribution in [-0.2, 0) is 0 Å². The summed E-state index contributed by atoms with van der Waals surface area (Å²) < 4.78 is 0. The average molecular weight is 815 g/mol. The highest BCUT2D eigenvalue weighted by Gasteiger charge is 2.29. The van der Waals surface area contributed by atoms with E-state index in [0.717, 1.165) is 66.8 Å². The summed E-state index contributed by atoms with van der Waals surface area (Å²) in [5, 5.41) is 37.8. The number of benzene rings is 8. The number of carboxylic acids is 4. The van der Waals surface area contributed by atoms with Gasteiger partial charge in [0.1, 0.15) is 0 Å². The molecule has 0 saturated carbocycles. The molecule has 0 atom stereocenters. The number of hydrogen-bond acceptors (Lipinski definition) is 4. The molecule has 4 N–H and O–H groups in total. The van der Waals surface area contributed by atoms with Crippen LogP contribution in [0.2, 0.25) is 0 Å². The van der Waals surface area contributed by atoms with E-state index in [-0.39, 0.29) is 34.1 Å². The molecule has 0 spiro atoms. The lowest BCUT2D eigenvalue weighted by Gasteiger charge is -2.30. The third-order valence-corrected chi connectivity index (χ3v) is 11.3. The van der Waals surface area contributed by atoms with Gasteiger partial charge in [-0.1, -0.05) is 146 Å². The lowest BCUT2D eigenvalue weighted by Crippen LogP contribution is -2.15. The van der Waals surface area contributed by atoms with Crippen molar-refractivity contribution >= 4 is 23.9 Å². The Labute approximate surface area is 357 Å². The Morgan fingerprint density at radius 2 is 0.355 bits per heavy atom. The molecule has 0 fully saturated rings. The summed E-state index contributed by atoms with van der Waals surface area (Å²) in [4.78, 5) is 46.1. The number of aromatic carboxylic acids is 4. The fraction of sp³-hybridized carbons (Fsp3) is 0.0370. The molecule has 8 heteroatoms. The van der Waals surface area contributed by atoms with Gasteiger partial charge in [-0.25, -0.2) is 19.2 Å². The van der Waals surface area contributed by atoms with Gasteiger partial charge < -0.3 is 20.4 Å². The van der Waals surface area contributed by atoms with E-state index in [9.17, 15) is 39.6 Å². The van der Waals surface area contributed by atoms with Gasteiger partial charge in [-0.05, 0) is 115 Å². The first kappa shape index (κ1) is 40.4. The minimum absolute atomic E-state index is 0.209. The van der Waals surface area contributed by atoms with Crippen molar-refractivity contribution in [1.29, 1.82) is 0 Å². The fourth-order valence-corrected chi connectivity index (χ4v) is 7.91. The van der Waals surface area contributed by atoms with E-state index in [1.165, 1.54) is 0 Å². The molecule has 8 rings (SSSR count). The third kappa shape index (κ3) is 8.66. The predicted molar refractivity (Wildman–Crippen MR) is 239 cm³/mol. The van der Waals surface area contributed by atoms with E-state index in [2.05, 4.69) is 48.5 Å². The molecule has 8 nitrogen and oxygen atoms in total. The topological polar surface area (TPSA) is 149 Å². The molecule has 0 aromatic heterocycles. The monoisotopic (exact) mass is 814 g/mol.